The van der Waals surface area contributed by atoms with Crippen LogP contribution >= 0.6 is 0 Å². The molecule has 5 nitrogen and oxygen atoms in total. The Kier molecular flexibility index (Phi) is 5.94. The molecule has 0 atom stereocenters. The molecule has 0 bridgehead atoms. The van der Waals surface area contributed by atoms with Crippen molar-refractivity contribution < 1.29 is 22.8 Å². The quantitative estimate of drug-likeness (QED) is 0.590. The van der Waals surface area contributed by atoms with Gasteiger partial charge in [0.05, 0.1) is 11.1 Å². The molecule has 0 spiro atoms. The van der Waals surface area contributed by atoms with Crippen LogP contribution < -0.4 is 10.6 Å². The first kappa shape index (κ1) is 21.5. The van der Waals surface area contributed by atoms with E-state index in [1.807, 2.05) is 0 Å². The lowest BCUT2D eigenvalue weighted by Crippen LogP contribution is -2.25. The van der Waals surface area contributed by atoms with Crippen LogP contribution in [0.15, 0.2) is 67.0 Å². The maximum atomic E-state index is 12.8. The molecule has 0 aliphatic heterocycles. The monoisotopic (exact) mass is 439 g/mol. The van der Waals surface area contributed by atoms with Gasteiger partial charge in [-0.15, -0.1) is 0 Å². The molecule has 0 unspecified atom stereocenters. The number of carbonyl (C=O) groups excluding carboxylic acids is 2. The van der Waals surface area contributed by atoms with Gasteiger partial charge in [-0.05, 0) is 54.3 Å². The summed E-state index contributed by atoms with van der Waals surface area (Å²) in [6, 6.07) is 13.7. The van der Waals surface area contributed by atoms with Crippen LogP contribution in [0.2, 0.25) is 0 Å². The fourth-order valence-electron chi connectivity index (χ4n) is 3.17. The largest absolute Gasteiger partial charge is 0.416 e. The molecule has 2 amide bonds. The first-order valence-electron chi connectivity index (χ1n) is 10.1. The molecule has 164 valence electrons. The summed E-state index contributed by atoms with van der Waals surface area (Å²) >= 11 is 0. The number of halogens is 3. The van der Waals surface area contributed by atoms with Crippen LogP contribution in [-0.4, -0.2) is 22.8 Å². The van der Waals surface area contributed by atoms with Gasteiger partial charge in [0, 0.05) is 36.1 Å². The summed E-state index contributed by atoms with van der Waals surface area (Å²) < 4.78 is 38.5. The number of carbonyl (C=O) groups is 2. The van der Waals surface area contributed by atoms with E-state index in [4.69, 9.17) is 0 Å². The summed E-state index contributed by atoms with van der Waals surface area (Å²) in [6.45, 7) is -0.0439. The number of amides is 2. The van der Waals surface area contributed by atoms with Crippen molar-refractivity contribution in [3.63, 3.8) is 0 Å². The fourth-order valence-corrected chi connectivity index (χ4v) is 3.17. The zero-order chi connectivity index (χ0) is 22.7. The zero-order valence-corrected chi connectivity index (χ0v) is 16.9. The molecule has 1 heterocycles. The van der Waals surface area contributed by atoms with Crippen molar-refractivity contribution in [2.45, 2.75) is 31.6 Å². The maximum Gasteiger partial charge on any atom is 0.416 e. The summed E-state index contributed by atoms with van der Waals surface area (Å²) in [5.41, 5.74) is 1.90. The highest BCUT2D eigenvalue weighted by atomic mass is 19.4. The van der Waals surface area contributed by atoms with E-state index in [1.54, 1.807) is 36.5 Å². The van der Waals surface area contributed by atoms with Crippen LogP contribution in [-0.2, 0) is 12.7 Å². The Morgan fingerprint density at radius 3 is 2.34 bits per heavy atom. The van der Waals surface area contributed by atoms with Gasteiger partial charge < -0.3 is 10.6 Å². The predicted molar refractivity (Wildman–Crippen MR) is 113 cm³/mol. The highest BCUT2D eigenvalue weighted by Gasteiger charge is 2.30. The Balaban J connectivity index is 1.42. The molecule has 1 aliphatic rings. The van der Waals surface area contributed by atoms with Crippen LogP contribution in [0.4, 0.5) is 13.2 Å². The third-order valence-corrected chi connectivity index (χ3v) is 5.10. The van der Waals surface area contributed by atoms with E-state index >= 15 is 0 Å². The molecule has 1 aromatic heterocycles. The van der Waals surface area contributed by atoms with Gasteiger partial charge in [-0.1, -0.05) is 24.3 Å². The molecule has 2 N–H and O–H groups in total. The molecule has 2 aromatic carbocycles. The average molecular weight is 439 g/mol. The van der Waals surface area contributed by atoms with Gasteiger partial charge >= 0.3 is 6.18 Å². The standard InChI is InChI=1S/C24H20F3N3O2/c25-24(26,27)20-3-1-2-15(10-20)12-29-22(31)19-11-18(13-28-14-19)16-4-6-17(7-5-16)23(32)30-21-8-9-21/h1-7,10-11,13-14,21H,8-9,12H2,(H,29,31)(H,30,32). The molecule has 4 rings (SSSR count). The Morgan fingerprint density at radius 2 is 1.66 bits per heavy atom. The highest BCUT2D eigenvalue weighted by molar-refractivity contribution is 5.96. The van der Waals surface area contributed by atoms with Crippen LogP contribution in [0.3, 0.4) is 0 Å². The number of hydrogen-bond donors (Lipinski definition) is 2. The number of benzene rings is 2. The predicted octanol–water partition coefficient (Wildman–Crippen LogP) is 4.59. The molecule has 3 aromatic rings. The lowest BCUT2D eigenvalue weighted by molar-refractivity contribution is -0.137. The minimum atomic E-state index is -4.44. The first-order chi connectivity index (χ1) is 15.3. The van der Waals surface area contributed by atoms with E-state index in [0.29, 0.717) is 16.7 Å². The smallest absolute Gasteiger partial charge is 0.349 e. The SMILES string of the molecule is O=C(NCc1cccc(C(F)(F)F)c1)c1cncc(-c2ccc(C(=O)NC3CC3)cc2)c1. The van der Waals surface area contributed by atoms with E-state index in [2.05, 4.69) is 15.6 Å². The second-order valence-corrected chi connectivity index (χ2v) is 7.67. The molecule has 0 saturated heterocycles. The molecular formula is C24H20F3N3O2. The van der Waals surface area contributed by atoms with Crippen LogP contribution in [0, 0.1) is 0 Å². The minimum Gasteiger partial charge on any atom is -0.349 e. The molecule has 8 heteroatoms. The van der Waals surface area contributed by atoms with E-state index in [0.717, 1.165) is 30.5 Å². The first-order valence-corrected chi connectivity index (χ1v) is 10.1. The van der Waals surface area contributed by atoms with Gasteiger partial charge in [0.15, 0.2) is 0 Å². The number of pyridine rings is 1. The second-order valence-electron chi connectivity index (χ2n) is 7.67. The van der Waals surface area contributed by atoms with Gasteiger partial charge in [-0.2, -0.15) is 13.2 Å². The Morgan fingerprint density at radius 1 is 0.906 bits per heavy atom. The zero-order valence-electron chi connectivity index (χ0n) is 16.9. The molecule has 1 aliphatic carbocycles. The minimum absolute atomic E-state index is 0.0439. The summed E-state index contributed by atoms with van der Waals surface area (Å²) in [4.78, 5) is 28.7. The number of aromatic nitrogens is 1. The summed E-state index contributed by atoms with van der Waals surface area (Å²) in [5.74, 6) is -0.558. The number of nitrogens with zero attached hydrogens (tertiary/aromatic N) is 1. The third-order valence-electron chi connectivity index (χ3n) is 5.10. The number of rotatable bonds is 6. The molecule has 32 heavy (non-hydrogen) atoms. The summed E-state index contributed by atoms with van der Waals surface area (Å²) in [6.07, 6.45) is 0.577. The van der Waals surface area contributed by atoms with Crippen LogP contribution in [0.25, 0.3) is 11.1 Å². The maximum absolute atomic E-state index is 12.8. The Labute approximate surface area is 182 Å². The molecule has 1 saturated carbocycles. The topological polar surface area (TPSA) is 71.1 Å². The summed E-state index contributed by atoms with van der Waals surface area (Å²) in [7, 11) is 0. The van der Waals surface area contributed by atoms with Crippen LogP contribution in [0.1, 0.15) is 44.7 Å². The average Bonchev–Trinajstić information content (AvgIpc) is 3.61. The lowest BCUT2D eigenvalue weighted by Gasteiger charge is -2.10. The lowest BCUT2D eigenvalue weighted by atomic mass is 10.0. The van der Waals surface area contributed by atoms with Gasteiger partial charge in [0.2, 0.25) is 0 Å². The van der Waals surface area contributed by atoms with Crippen molar-refractivity contribution in [1.29, 1.82) is 0 Å². The number of hydrogen-bond acceptors (Lipinski definition) is 3. The normalized spacial score (nSPS) is 13.5. The van der Waals surface area contributed by atoms with E-state index in [1.165, 1.54) is 18.3 Å². The fraction of sp³-hybridized carbons (Fsp3) is 0.208. The third kappa shape index (κ3) is 5.32. The molecular weight excluding hydrogens is 419 g/mol. The van der Waals surface area contributed by atoms with E-state index in [-0.39, 0.29) is 24.1 Å². The van der Waals surface area contributed by atoms with Gasteiger partial charge in [0.1, 0.15) is 0 Å². The Hall–Kier alpha value is -3.68. The van der Waals surface area contributed by atoms with Crippen molar-refractivity contribution >= 4 is 11.8 Å². The van der Waals surface area contributed by atoms with E-state index in [9.17, 15) is 22.8 Å². The van der Waals surface area contributed by atoms with Crippen molar-refractivity contribution in [2.24, 2.45) is 0 Å². The van der Waals surface area contributed by atoms with Crippen molar-refractivity contribution in [1.82, 2.24) is 15.6 Å². The number of alkyl halides is 3. The van der Waals surface area contributed by atoms with Crippen molar-refractivity contribution in [3.05, 3.63) is 89.2 Å². The van der Waals surface area contributed by atoms with E-state index < -0.39 is 17.6 Å². The summed E-state index contributed by atoms with van der Waals surface area (Å²) in [5, 5.41) is 5.55. The second kappa shape index (κ2) is 8.82. The molecule has 1 fully saturated rings. The van der Waals surface area contributed by atoms with Crippen LogP contribution in [0.5, 0.6) is 0 Å². The van der Waals surface area contributed by atoms with Crippen molar-refractivity contribution in [3.8, 4) is 11.1 Å². The number of nitrogens with one attached hydrogen (secondary N) is 2. The highest BCUT2D eigenvalue weighted by Crippen LogP contribution is 2.29. The van der Waals surface area contributed by atoms with Gasteiger partial charge in [-0.25, -0.2) is 0 Å². The van der Waals surface area contributed by atoms with Crippen molar-refractivity contribution in [2.75, 3.05) is 0 Å². The van der Waals surface area contributed by atoms with Gasteiger partial charge in [0.25, 0.3) is 11.8 Å². The van der Waals surface area contributed by atoms with Gasteiger partial charge in [-0.3, -0.25) is 14.6 Å². The Bertz CT molecular complexity index is 1140. The molecule has 0 radical (unpaired) electrons.